The van der Waals surface area contributed by atoms with E-state index in [9.17, 15) is 4.39 Å². The molecule has 0 atom stereocenters. The molecule has 1 aromatic heterocycles. The molecule has 1 aliphatic rings. The van der Waals surface area contributed by atoms with E-state index in [2.05, 4.69) is 68.8 Å². The molecule has 29 heavy (non-hydrogen) atoms. The zero-order valence-electron chi connectivity index (χ0n) is 17.5. The maximum Gasteiger partial charge on any atom is 0.208 e. The number of benzene rings is 1. The van der Waals surface area contributed by atoms with Crippen LogP contribution in [0, 0.1) is 17.1 Å². The van der Waals surface area contributed by atoms with Crippen molar-refractivity contribution in [1.82, 2.24) is 13.3 Å². The third kappa shape index (κ3) is 4.20. The summed E-state index contributed by atoms with van der Waals surface area (Å²) in [6, 6.07) is 4.95. The molecule has 156 valence electrons. The highest BCUT2D eigenvalue weighted by molar-refractivity contribution is 14.1. The fourth-order valence-corrected chi connectivity index (χ4v) is 5.43. The number of halogens is 2. The van der Waals surface area contributed by atoms with Crippen LogP contribution in [0.5, 0.6) is 5.75 Å². The SMILES string of the molecule is COc1cc(C#N)cc(F)c1-c1nnc(N(C)C2CC(C)(C)N(I)C(C)(C)C2)s1. The Bertz CT molecular complexity index is 937. The van der Waals surface area contributed by atoms with Gasteiger partial charge in [0, 0.05) is 47.0 Å². The lowest BCUT2D eigenvalue weighted by Crippen LogP contribution is -2.59. The van der Waals surface area contributed by atoms with E-state index in [-0.39, 0.29) is 28.0 Å². The van der Waals surface area contributed by atoms with Crippen LogP contribution in [0.25, 0.3) is 10.6 Å². The van der Waals surface area contributed by atoms with E-state index in [4.69, 9.17) is 10.00 Å². The van der Waals surface area contributed by atoms with Crippen LogP contribution in [0.1, 0.15) is 46.1 Å². The second-order valence-corrected chi connectivity index (χ2v) is 10.5. The molecule has 0 N–H and O–H groups in total. The first-order valence-corrected chi connectivity index (χ1v) is 11.1. The highest BCUT2D eigenvalue weighted by Crippen LogP contribution is 2.44. The molecule has 6 nitrogen and oxygen atoms in total. The zero-order chi connectivity index (χ0) is 21.6. The minimum atomic E-state index is -0.535. The Labute approximate surface area is 189 Å². The van der Waals surface area contributed by atoms with E-state index in [0.29, 0.717) is 11.0 Å². The lowest BCUT2D eigenvalue weighted by atomic mass is 9.79. The molecular formula is C20H25FIN5OS. The molecule has 0 unspecified atom stereocenters. The summed E-state index contributed by atoms with van der Waals surface area (Å²) in [5.41, 5.74) is 0.528. The number of nitrogens with zero attached hydrogens (tertiary/aromatic N) is 5. The lowest BCUT2D eigenvalue weighted by Gasteiger charge is -2.53. The van der Waals surface area contributed by atoms with Gasteiger partial charge in [-0.15, -0.1) is 10.2 Å². The summed E-state index contributed by atoms with van der Waals surface area (Å²) in [4.78, 5) is 2.16. The van der Waals surface area contributed by atoms with Crippen molar-refractivity contribution in [3.8, 4) is 22.4 Å². The average Bonchev–Trinajstić information content (AvgIpc) is 3.13. The summed E-state index contributed by atoms with van der Waals surface area (Å²) in [7, 11) is 3.48. The number of aromatic nitrogens is 2. The Hall–Kier alpha value is -1.51. The number of hydrogen-bond acceptors (Lipinski definition) is 7. The lowest BCUT2D eigenvalue weighted by molar-refractivity contribution is 0.0724. The molecule has 2 heterocycles. The first kappa shape index (κ1) is 22.2. The number of rotatable bonds is 4. The van der Waals surface area contributed by atoms with Crippen LogP contribution >= 0.6 is 34.2 Å². The number of hydrogen-bond donors (Lipinski definition) is 0. The molecule has 1 aliphatic heterocycles. The Morgan fingerprint density at radius 3 is 2.45 bits per heavy atom. The highest BCUT2D eigenvalue weighted by Gasteiger charge is 2.45. The summed E-state index contributed by atoms with van der Waals surface area (Å²) < 4.78 is 22.4. The van der Waals surface area contributed by atoms with E-state index in [1.807, 2.05) is 13.1 Å². The predicted molar refractivity (Wildman–Crippen MR) is 122 cm³/mol. The smallest absolute Gasteiger partial charge is 0.208 e. The summed E-state index contributed by atoms with van der Waals surface area (Å²) >= 11 is 3.76. The first-order valence-electron chi connectivity index (χ1n) is 9.30. The van der Waals surface area contributed by atoms with Gasteiger partial charge in [0.15, 0.2) is 5.01 Å². The number of anilines is 1. The molecular weight excluding hydrogens is 504 g/mol. The number of methoxy groups -OCH3 is 1. The molecule has 2 aromatic rings. The normalized spacial score (nSPS) is 19.0. The molecule has 0 radical (unpaired) electrons. The Morgan fingerprint density at radius 2 is 1.90 bits per heavy atom. The summed E-state index contributed by atoms with van der Waals surface area (Å²) in [6.45, 7) is 9.01. The second kappa shape index (κ2) is 7.96. The van der Waals surface area contributed by atoms with Crippen LogP contribution in [0.15, 0.2) is 12.1 Å². The average molecular weight is 529 g/mol. The van der Waals surface area contributed by atoms with Gasteiger partial charge in [-0.25, -0.2) is 7.50 Å². The molecule has 0 bridgehead atoms. The van der Waals surface area contributed by atoms with Gasteiger partial charge < -0.3 is 9.64 Å². The van der Waals surface area contributed by atoms with Crippen LogP contribution in [0.3, 0.4) is 0 Å². The monoisotopic (exact) mass is 529 g/mol. The van der Waals surface area contributed by atoms with Crippen molar-refractivity contribution in [2.24, 2.45) is 0 Å². The van der Waals surface area contributed by atoms with Gasteiger partial charge in [-0.3, -0.25) is 0 Å². The maximum atomic E-state index is 14.7. The van der Waals surface area contributed by atoms with Crippen LogP contribution in [0.4, 0.5) is 9.52 Å². The van der Waals surface area contributed by atoms with E-state index in [1.165, 1.54) is 30.6 Å². The summed E-state index contributed by atoms with van der Waals surface area (Å²) in [5.74, 6) is -0.251. The molecule has 0 spiro atoms. The van der Waals surface area contributed by atoms with Crippen molar-refractivity contribution >= 4 is 39.3 Å². The maximum absolute atomic E-state index is 14.7. The van der Waals surface area contributed by atoms with Crippen molar-refractivity contribution in [3.63, 3.8) is 0 Å². The van der Waals surface area contributed by atoms with Crippen molar-refractivity contribution in [2.45, 2.75) is 57.7 Å². The van der Waals surface area contributed by atoms with Gasteiger partial charge >= 0.3 is 0 Å². The fraction of sp³-hybridized carbons (Fsp3) is 0.550. The van der Waals surface area contributed by atoms with Gasteiger partial charge in [0.2, 0.25) is 5.13 Å². The van der Waals surface area contributed by atoms with E-state index in [1.54, 1.807) is 0 Å². The van der Waals surface area contributed by atoms with Crippen LogP contribution in [-0.2, 0) is 0 Å². The van der Waals surface area contributed by atoms with Crippen LogP contribution < -0.4 is 9.64 Å². The van der Waals surface area contributed by atoms with Crippen LogP contribution in [0.2, 0.25) is 0 Å². The van der Waals surface area contributed by atoms with Crippen molar-refractivity contribution in [3.05, 3.63) is 23.5 Å². The van der Waals surface area contributed by atoms with E-state index < -0.39 is 5.82 Å². The third-order valence-electron chi connectivity index (χ3n) is 5.41. The van der Waals surface area contributed by atoms with Gasteiger partial charge in [0.25, 0.3) is 0 Å². The Kier molecular flexibility index (Phi) is 6.09. The first-order chi connectivity index (χ1) is 13.5. The van der Waals surface area contributed by atoms with Gasteiger partial charge in [-0.2, -0.15) is 5.26 Å². The van der Waals surface area contributed by atoms with Crippen LogP contribution in [-0.4, -0.2) is 44.6 Å². The largest absolute Gasteiger partial charge is 0.496 e. The molecule has 0 amide bonds. The molecule has 0 saturated carbocycles. The second-order valence-electron chi connectivity index (χ2n) is 8.62. The molecule has 0 aliphatic carbocycles. The summed E-state index contributed by atoms with van der Waals surface area (Å²) in [6.07, 6.45) is 1.97. The highest BCUT2D eigenvalue weighted by atomic mass is 127. The van der Waals surface area contributed by atoms with Crippen molar-refractivity contribution < 1.29 is 9.13 Å². The third-order valence-corrected chi connectivity index (χ3v) is 9.06. The van der Waals surface area contributed by atoms with Gasteiger partial charge in [0.1, 0.15) is 11.6 Å². The van der Waals surface area contributed by atoms with Crippen molar-refractivity contribution in [2.75, 3.05) is 19.1 Å². The molecule has 9 heteroatoms. The Balaban J connectivity index is 1.92. The molecule has 1 aromatic carbocycles. The number of piperidine rings is 1. The van der Waals surface area contributed by atoms with Gasteiger partial charge in [-0.1, -0.05) is 11.3 Å². The summed E-state index contributed by atoms with van der Waals surface area (Å²) in [5, 5.41) is 18.8. The number of nitriles is 1. The zero-order valence-corrected chi connectivity index (χ0v) is 20.4. The van der Waals surface area contributed by atoms with Crippen molar-refractivity contribution in [1.29, 1.82) is 5.26 Å². The minimum Gasteiger partial charge on any atom is -0.496 e. The predicted octanol–water partition coefficient (Wildman–Crippen LogP) is 5.03. The molecule has 3 rings (SSSR count). The fourth-order valence-electron chi connectivity index (χ4n) is 4.11. The van der Waals surface area contributed by atoms with Gasteiger partial charge in [0.05, 0.1) is 24.3 Å². The number of ether oxygens (including phenoxy) is 1. The minimum absolute atomic E-state index is 0.0389. The Morgan fingerprint density at radius 1 is 1.28 bits per heavy atom. The topological polar surface area (TPSA) is 65.3 Å². The molecule has 1 saturated heterocycles. The molecule has 1 fully saturated rings. The van der Waals surface area contributed by atoms with E-state index in [0.717, 1.165) is 18.0 Å². The standard InChI is InChI=1S/C20H25FIN5OS/c1-19(2)9-13(10-20(3,4)27(19)22)26(5)18-25-24-17(29-18)16-14(21)7-12(11-23)8-15(16)28-6/h7-8,13H,9-10H2,1-6H3. The van der Waals surface area contributed by atoms with Gasteiger partial charge in [-0.05, 0) is 52.7 Å². The quantitative estimate of drug-likeness (QED) is 0.409. The van der Waals surface area contributed by atoms with E-state index >= 15 is 0 Å².